The van der Waals surface area contributed by atoms with Crippen LogP contribution in [-0.4, -0.2) is 30.5 Å². The Morgan fingerprint density at radius 1 is 1.04 bits per heavy atom. The Labute approximate surface area is 163 Å². The summed E-state index contributed by atoms with van der Waals surface area (Å²) in [6.07, 6.45) is 0. The summed E-state index contributed by atoms with van der Waals surface area (Å²) in [4.78, 5) is 14.4. The van der Waals surface area contributed by atoms with Crippen LogP contribution in [0.2, 0.25) is 0 Å². The smallest absolute Gasteiger partial charge is 0.254 e. The predicted molar refractivity (Wildman–Crippen MR) is 108 cm³/mol. The highest BCUT2D eigenvalue weighted by atomic mass is 127. The molecule has 0 saturated carbocycles. The summed E-state index contributed by atoms with van der Waals surface area (Å²) in [5, 5.41) is 0. The normalized spacial score (nSPS) is 10.4. The van der Waals surface area contributed by atoms with Crippen molar-refractivity contribution in [2.45, 2.75) is 27.4 Å². The first-order chi connectivity index (χ1) is 12.1. The second-order valence-corrected chi connectivity index (χ2v) is 6.63. The van der Waals surface area contributed by atoms with Gasteiger partial charge in [-0.3, -0.25) is 4.79 Å². The Balaban J connectivity index is 2.29. The molecule has 0 saturated heterocycles. The van der Waals surface area contributed by atoms with E-state index in [-0.39, 0.29) is 5.91 Å². The van der Waals surface area contributed by atoms with Gasteiger partial charge in [0.25, 0.3) is 5.91 Å². The maximum atomic E-state index is 12.6. The Bertz CT molecular complexity index is 700. The van der Waals surface area contributed by atoms with Gasteiger partial charge in [0.05, 0.1) is 10.2 Å². The number of benzene rings is 2. The maximum absolute atomic E-state index is 12.6. The molecule has 0 aromatic heterocycles. The zero-order valence-corrected chi connectivity index (χ0v) is 17.1. The largest absolute Gasteiger partial charge is 0.490 e. The van der Waals surface area contributed by atoms with Crippen LogP contribution in [0.15, 0.2) is 42.5 Å². The van der Waals surface area contributed by atoms with Crippen molar-refractivity contribution in [2.75, 3.05) is 19.7 Å². The average Bonchev–Trinajstić information content (AvgIpc) is 2.63. The summed E-state index contributed by atoms with van der Waals surface area (Å²) in [7, 11) is 0. The van der Waals surface area contributed by atoms with Crippen molar-refractivity contribution in [1.82, 2.24) is 4.90 Å². The molecule has 0 atom stereocenters. The van der Waals surface area contributed by atoms with Gasteiger partial charge in [0.2, 0.25) is 0 Å². The minimum Gasteiger partial charge on any atom is -0.490 e. The van der Waals surface area contributed by atoms with Gasteiger partial charge in [-0.1, -0.05) is 30.3 Å². The summed E-state index contributed by atoms with van der Waals surface area (Å²) in [6, 6.07) is 13.6. The molecule has 0 aliphatic carbocycles. The first kappa shape index (κ1) is 19.6. The van der Waals surface area contributed by atoms with Crippen LogP contribution in [0.3, 0.4) is 0 Å². The molecule has 2 aromatic rings. The van der Waals surface area contributed by atoms with Gasteiger partial charge < -0.3 is 14.4 Å². The van der Waals surface area contributed by atoms with Crippen molar-refractivity contribution in [3.63, 3.8) is 0 Å². The number of nitrogens with zero attached hydrogens (tertiary/aromatic N) is 1. The van der Waals surface area contributed by atoms with Gasteiger partial charge in [0.15, 0.2) is 11.5 Å². The molecule has 0 spiro atoms. The van der Waals surface area contributed by atoms with Crippen LogP contribution in [0.1, 0.15) is 36.7 Å². The van der Waals surface area contributed by atoms with Gasteiger partial charge in [0.1, 0.15) is 6.61 Å². The van der Waals surface area contributed by atoms with E-state index >= 15 is 0 Å². The van der Waals surface area contributed by atoms with Gasteiger partial charge in [-0.15, -0.1) is 0 Å². The number of ether oxygens (including phenoxy) is 2. The second-order valence-electron chi connectivity index (χ2n) is 5.47. The first-order valence-corrected chi connectivity index (χ1v) is 9.60. The van der Waals surface area contributed by atoms with E-state index in [9.17, 15) is 4.79 Å². The van der Waals surface area contributed by atoms with Crippen LogP contribution < -0.4 is 9.47 Å². The molecular weight excluding hydrogens is 429 g/mol. The third kappa shape index (κ3) is 5.11. The molecule has 5 heteroatoms. The summed E-state index contributed by atoms with van der Waals surface area (Å²) >= 11 is 2.20. The zero-order valence-electron chi connectivity index (χ0n) is 14.9. The molecule has 1 amide bonds. The fourth-order valence-electron chi connectivity index (χ4n) is 2.52. The molecule has 2 rings (SSSR count). The molecular formula is C20H24INO3. The van der Waals surface area contributed by atoms with E-state index in [1.807, 2.05) is 57.2 Å². The highest BCUT2D eigenvalue weighted by molar-refractivity contribution is 14.1. The monoisotopic (exact) mass is 453 g/mol. The molecule has 0 aliphatic rings. The third-order valence-corrected chi connectivity index (χ3v) is 4.63. The van der Waals surface area contributed by atoms with Crippen LogP contribution in [-0.2, 0) is 6.61 Å². The van der Waals surface area contributed by atoms with E-state index in [1.54, 1.807) is 11.0 Å². The minimum atomic E-state index is 0.0125. The SMILES string of the molecule is CCOc1cc(C(=O)N(CC)CC)cc(I)c1OCc1ccccc1. The number of rotatable bonds is 8. The van der Waals surface area contributed by atoms with Gasteiger partial charge in [-0.05, 0) is 61.1 Å². The molecule has 4 nitrogen and oxygen atoms in total. The molecule has 0 radical (unpaired) electrons. The van der Waals surface area contributed by atoms with Crippen LogP contribution in [0.5, 0.6) is 11.5 Å². The topological polar surface area (TPSA) is 38.8 Å². The number of hydrogen-bond acceptors (Lipinski definition) is 3. The minimum absolute atomic E-state index is 0.0125. The number of halogens is 1. The predicted octanol–water partition coefficient (Wildman–Crippen LogP) is 4.75. The Morgan fingerprint density at radius 3 is 2.32 bits per heavy atom. The number of carbonyl (C=O) groups excluding carboxylic acids is 1. The van der Waals surface area contributed by atoms with Crippen LogP contribution >= 0.6 is 22.6 Å². The standard InChI is InChI=1S/C20H24INO3/c1-4-22(5-2)20(23)16-12-17(21)19(18(13-16)24-6-3)25-14-15-10-8-7-9-11-15/h7-13H,4-6,14H2,1-3H3. The fourth-order valence-corrected chi connectivity index (χ4v) is 3.27. The van der Waals surface area contributed by atoms with E-state index in [0.29, 0.717) is 43.4 Å². The Kier molecular flexibility index (Phi) is 7.55. The summed E-state index contributed by atoms with van der Waals surface area (Å²) in [6.45, 7) is 8.22. The quantitative estimate of drug-likeness (QED) is 0.542. The Hall–Kier alpha value is -1.76. The molecule has 0 bridgehead atoms. The number of hydrogen-bond donors (Lipinski definition) is 0. The lowest BCUT2D eigenvalue weighted by atomic mass is 10.1. The summed E-state index contributed by atoms with van der Waals surface area (Å²) in [5.41, 5.74) is 1.72. The number of amides is 1. The van der Waals surface area contributed by atoms with Crippen molar-refractivity contribution >= 4 is 28.5 Å². The van der Waals surface area contributed by atoms with Gasteiger partial charge in [-0.25, -0.2) is 0 Å². The van der Waals surface area contributed by atoms with E-state index < -0.39 is 0 Å². The second kappa shape index (κ2) is 9.65. The molecule has 2 aromatic carbocycles. The summed E-state index contributed by atoms with van der Waals surface area (Å²) in [5.74, 6) is 1.31. The number of carbonyl (C=O) groups is 1. The average molecular weight is 453 g/mol. The zero-order chi connectivity index (χ0) is 18.2. The van der Waals surface area contributed by atoms with Gasteiger partial charge >= 0.3 is 0 Å². The van der Waals surface area contributed by atoms with Crippen LogP contribution in [0.25, 0.3) is 0 Å². The van der Waals surface area contributed by atoms with E-state index in [1.165, 1.54) is 0 Å². The third-order valence-electron chi connectivity index (χ3n) is 3.83. The van der Waals surface area contributed by atoms with Crippen LogP contribution in [0, 0.1) is 3.57 Å². The van der Waals surface area contributed by atoms with Crippen molar-refractivity contribution in [1.29, 1.82) is 0 Å². The van der Waals surface area contributed by atoms with Crippen molar-refractivity contribution < 1.29 is 14.3 Å². The molecule has 0 fully saturated rings. The van der Waals surface area contributed by atoms with Crippen molar-refractivity contribution in [2.24, 2.45) is 0 Å². The lowest BCUT2D eigenvalue weighted by molar-refractivity contribution is 0.0772. The highest BCUT2D eigenvalue weighted by Gasteiger charge is 2.19. The Morgan fingerprint density at radius 2 is 1.72 bits per heavy atom. The van der Waals surface area contributed by atoms with E-state index in [2.05, 4.69) is 22.6 Å². The lowest BCUT2D eigenvalue weighted by Crippen LogP contribution is -2.30. The van der Waals surface area contributed by atoms with E-state index in [4.69, 9.17) is 9.47 Å². The summed E-state index contributed by atoms with van der Waals surface area (Å²) < 4.78 is 12.6. The molecule has 0 unspecified atom stereocenters. The first-order valence-electron chi connectivity index (χ1n) is 8.53. The lowest BCUT2D eigenvalue weighted by Gasteiger charge is -2.20. The van der Waals surface area contributed by atoms with E-state index in [0.717, 1.165) is 9.13 Å². The highest BCUT2D eigenvalue weighted by Crippen LogP contribution is 2.35. The molecule has 134 valence electrons. The van der Waals surface area contributed by atoms with Crippen molar-refractivity contribution in [3.05, 3.63) is 57.2 Å². The molecule has 0 N–H and O–H groups in total. The molecule has 0 aliphatic heterocycles. The molecule has 0 heterocycles. The maximum Gasteiger partial charge on any atom is 0.254 e. The molecule has 25 heavy (non-hydrogen) atoms. The van der Waals surface area contributed by atoms with Crippen molar-refractivity contribution in [3.8, 4) is 11.5 Å². The van der Waals surface area contributed by atoms with Gasteiger partial charge in [-0.2, -0.15) is 0 Å². The fraction of sp³-hybridized carbons (Fsp3) is 0.350. The van der Waals surface area contributed by atoms with Crippen LogP contribution in [0.4, 0.5) is 0 Å². The van der Waals surface area contributed by atoms with Gasteiger partial charge in [0, 0.05) is 18.7 Å².